The SMILES string of the molecule is CC(NC(=O)c1csc(Br)c1)c1cccc(Cl)c1. The van der Waals surface area contributed by atoms with Gasteiger partial charge < -0.3 is 5.32 Å². The van der Waals surface area contributed by atoms with Crippen molar-refractivity contribution < 1.29 is 4.79 Å². The largest absolute Gasteiger partial charge is 0.345 e. The van der Waals surface area contributed by atoms with Gasteiger partial charge >= 0.3 is 0 Å². The van der Waals surface area contributed by atoms with E-state index in [-0.39, 0.29) is 11.9 Å². The quantitative estimate of drug-likeness (QED) is 0.862. The summed E-state index contributed by atoms with van der Waals surface area (Å²) >= 11 is 10.8. The maximum Gasteiger partial charge on any atom is 0.252 e. The Bertz CT molecular complexity index is 570. The number of carbonyl (C=O) groups excluding carboxylic acids is 1. The number of halogens is 2. The van der Waals surface area contributed by atoms with Gasteiger partial charge in [0.1, 0.15) is 0 Å². The van der Waals surface area contributed by atoms with Gasteiger partial charge in [-0.1, -0.05) is 23.7 Å². The van der Waals surface area contributed by atoms with E-state index in [0.29, 0.717) is 10.6 Å². The van der Waals surface area contributed by atoms with Crippen molar-refractivity contribution >= 4 is 44.8 Å². The molecule has 0 fully saturated rings. The third kappa shape index (κ3) is 3.34. The first-order valence-electron chi connectivity index (χ1n) is 5.36. The van der Waals surface area contributed by atoms with Crippen molar-refractivity contribution in [1.29, 1.82) is 0 Å². The van der Waals surface area contributed by atoms with Crippen molar-refractivity contribution in [3.05, 3.63) is 55.6 Å². The lowest BCUT2D eigenvalue weighted by molar-refractivity contribution is 0.0940. The molecule has 0 radical (unpaired) electrons. The number of nitrogens with one attached hydrogen (secondary N) is 1. The lowest BCUT2D eigenvalue weighted by atomic mass is 10.1. The highest BCUT2D eigenvalue weighted by Crippen LogP contribution is 2.22. The molecule has 1 heterocycles. The Morgan fingerprint density at radius 1 is 1.44 bits per heavy atom. The zero-order valence-electron chi connectivity index (χ0n) is 9.61. The molecule has 18 heavy (non-hydrogen) atoms. The van der Waals surface area contributed by atoms with Crippen LogP contribution in [0.3, 0.4) is 0 Å². The Hall–Kier alpha value is -0.840. The van der Waals surface area contributed by atoms with Gasteiger partial charge in [0.2, 0.25) is 0 Å². The number of hydrogen-bond donors (Lipinski definition) is 1. The molecular weight excluding hydrogens is 334 g/mol. The molecule has 0 spiro atoms. The molecule has 1 aromatic carbocycles. The van der Waals surface area contributed by atoms with E-state index in [0.717, 1.165) is 9.35 Å². The standard InChI is InChI=1S/C13H11BrClNOS/c1-8(9-3-2-4-11(15)5-9)16-13(17)10-6-12(14)18-7-10/h2-8H,1H3,(H,16,17). The highest BCUT2D eigenvalue weighted by atomic mass is 79.9. The van der Waals surface area contributed by atoms with Crippen LogP contribution in [0.5, 0.6) is 0 Å². The molecular formula is C13H11BrClNOS. The monoisotopic (exact) mass is 343 g/mol. The summed E-state index contributed by atoms with van der Waals surface area (Å²) < 4.78 is 0.947. The molecule has 0 saturated heterocycles. The normalized spacial score (nSPS) is 12.2. The molecule has 0 bridgehead atoms. The third-order valence-corrected chi connectivity index (χ3v) is 4.27. The highest BCUT2D eigenvalue weighted by Gasteiger charge is 2.12. The van der Waals surface area contributed by atoms with Crippen molar-refractivity contribution in [2.45, 2.75) is 13.0 Å². The Balaban J connectivity index is 2.07. The minimum atomic E-state index is -0.0792. The van der Waals surface area contributed by atoms with Gasteiger partial charge in [0, 0.05) is 10.4 Å². The molecule has 2 nitrogen and oxygen atoms in total. The highest BCUT2D eigenvalue weighted by molar-refractivity contribution is 9.11. The first kappa shape index (κ1) is 13.6. The van der Waals surface area contributed by atoms with E-state index in [4.69, 9.17) is 11.6 Å². The number of amides is 1. The lowest BCUT2D eigenvalue weighted by Gasteiger charge is -2.14. The van der Waals surface area contributed by atoms with Gasteiger partial charge in [0.05, 0.1) is 15.4 Å². The van der Waals surface area contributed by atoms with Crippen LogP contribution in [-0.4, -0.2) is 5.91 Å². The van der Waals surface area contributed by atoms with Crippen molar-refractivity contribution in [1.82, 2.24) is 5.32 Å². The van der Waals surface area contributed by atoms with Crippen LogP contribution in [0.2, 0.25) is 5.02 Å². The molecule has 94 valence electrons. The lowest BCUT2D eigenvalue weighted by Crippen LogP contribution is -2.26. The number of benzene rings is 1. The van der Waals surface area contributed by atoms with Crippen molar-refractivity contribution in [3.63, 3.8) is 0 Å². The number of hydrogen-bond acceptors (Lipinski definition) is 2. The van der Waals surface area contributed by atoms with Crippen LogP contribution in [0.1, 0.15) is 28.9 Å². The van der Waals surface area contributed by atoms with E-state index >= 15 is 0 Å². The van der Waals surface area contributed by atoms with Gasteiger partial charge in [-0.15, -0.1) is 11.3 Å². The summed E-state index contributed by atoms with van der Waals surface area (Å²) in [6.07, 6.45) is 0. The summed E-state index contributed by atoms with van der Waals surface area (Å²) in [5, 5.41) is 5.44. The predicted octanol–water partition coefficient (Wildman–Crippen LogP) is 4.66. The topological polar surface area (TPSA) is 29.1 Å². The van der Waals surface area contributed by atoms with E-state index in [9.17, 15) is 4.79 Å². The first-order chi connectivity index (χ1) is 8.56. The van der Waals surface area contributed by atoms with Crippen LogP contribution in [0.15, 0.2) is 39.5 Å². The van der Waals surface area contributed by atoms with E-state index in [1.54, 1.807) is 0 Å². The zero-order valence-corrected chi connectivity index (χ0v) is 12.8. The van der Waals surface area contributed by atoms with Crippen LogP contribution in [0.25, 0.3) is 0 Å². The molecule has 0 aliphatic carbocycles. The van der Waals surface area contributed by atoms with E-state index in [1.165, 1.54) is 11.3 Å². The maximum absolute atomic E-state index is 12.0. The molecule has 0 saturated carbocycles. The minimum Gasteiger partial charge on any atom is -0.345 e. The summed E-state index contributed by atoms with van der Waals surface area (Å²) in [4.78, 5) is 12.0. The molecule has 0 aliphatic heterocycles. The van der Waals surface area contributed by atoms with Gasteiger partial charge in [-0.2, -0.15) is 0 Å². The summed E-state index contributed by atoms with van der Waals surface area (Å²) in [6.45, 7) is 1.94. The van der Waals surface area contributed by atoms with Crippen LogP contribution in [-0.2, 0) is 0 Å². The second kappa shape index (κ2) is 5.87. The van der Waals surface area contributed by atoms with Crippen LogP contribution in [0.4, 0.5) is 0 Å². The summed E-state index contributed by atoms with van der Waals surface area (Å²) in [6, 6.07) is 9.23. The fraction of sp³-hybridized carbons (Fsp3) is 0.154. The number of thiophene rings is 1. The Morgan fingerprint density at radius 2 is 2.22 bits per heavy atom. The summed E-state index contributed by atoms with van der Waals surface area (Å²) in [5.74, 6) is -0.0792. The maximum atomic E-state index is 12.0. The molecule has 0 aliphatic rings. The Labute approximate surface area is 123 Å². The van der Waals surface area contributed by atoms with E-state index in [2.05, 4.69) is 21.2 Å². The van der Waals surface area contributed by atoms with Crippen molar-refractivity contribution in [2.24, 2.45) is 0 Å². The van der Waals surface area contributed by atoms with Gasteiger partial charge in [-0.3, -0.25) is 4.79 Å². The van der Waals surface area contributed by atoms with Gasteiger partial charge in [-0.05, 0) is 46.6 Å². The molecule has 2 rings (SSSR count). The predicted molar refractivity (Wildman–Crippen MR) is 79.4 cm³/mol. The van der Waals surface area contributed by atoms with Crippen molar-refractivity contribution in [2.75, 3.05) is 0 Å². The first-order valence-corrected chi connectivity index (χ1v) is 7.41. The Kier molecular flexibility index (Phi) is 4.43. The average Bonchev–Trinajstić information content (AvgIpc) is 2.76. The molecule has 1 aromatic heterocycles. The van der Waals surface area contributed by atoms with Gasteiger partial charge in [0.15, 0.2) is 0 Å². The second-order valence-corrected chi connectivity index (χ2v) is 6.62. The van der Waals surface area contributed by atoms with Gasteiger partial charge in [0.25, 0.3) is 5.91 Å². The number of carbonyl (C=O) groups is 1. The second-order valence-electron chi connectivity index (χ2n) is 3.89. The van der Waals surface area contributed by atoms with Crippen molar-refractivity contribution in [3.8, 4) is 0 Å². The van der Waals surface area contributed by atoms with Gasteiger partial charge in [-0.25, -0.2) is 0 Å². The van der Waals surface area contributed by atoms with Crippen LogP contribution >= 0.6 is 38.9 Å². The van der Waals surface area contributed by atoms with Crippen LogP contribution < -0.4 is 5.32 Å². The summed E-state index contributed by atoms with van der Waals surface area (Å²) in [7, 11) is 0. The smallest absolute Gasteiger partial charge is 0.252 e. The molecule has 1 atom stereocenters. The molecule has 5 heteroatoms. The van der Waals surface area contributed by atoms with E-state index < -0.39 is 0 Å². The van der Waals surface area contributed by atoms with Crippen LogP contribution in [0, 0.1) is 0 Å². The fourth-order valence-corrected chi connectivity index (χ4v) is 2.90. The molecule has 1 N–H and O–H groups in total. The number of rotatable bonds is 3. The minimum absolute atomic E-state index is 0.0742. The average molecular weight is 345 g/mol. The van der Waals surface area contributed by atoms with E-state index in [1.807, 2.05) is 42.6 Å². The molecule has 1 amide bonds. The molecule has 1 unspecified atom stereocenters. The summed E-state index contributed by atoms with van der Waals surface area (Å²) in [5.41, 5.74) is 1.66. The third-order valence-electron chi connectivity index (χ3n) is 2.53. The molecule has 2 aromatic rings. The fourth-order valence-electron chi connectivity index (χ4n) is 1.57. The zero-order chi connectivity index (χ0) is 13.1. The Morgan fingerprint density at radius 3 is 2.83 bits per heavy atom.